The lowest BCUT2D eigenvalue weighted by molar-refractivity contribution is -0.274. The predicted molar refractivity (Wildman–Crippen MR) is 104 cm³/mol. The van der Waals surface area contributed by atoms with Gasteiger partial charge in [-0.3, -0.25) is 9.59 Å². The van der Waals surface area contributed by atoms with Gasteiger partial charge in [-0.25, -0.2) is 9.07 Å². The van der Waals surface area contributed by atoms with Gasteiger partial charge in [0.2, 0.25) is 11.8 Å². The number of likely N-dealkylation sites (N-methyl/N-ethyl adjacent to an activating group) is 1. The highest BCUT2D eigenvalue weighted by Gasteiger charge is 2.56. The fourth-order valence-corrected chi connectivity index (χ4v) is 4.36. The Morgan fingerprint density at radius 3 is 2.50 bits per heavy atom. The quantitative estimate of drug-likeness (QED) is 0.612. The zero-order valence-electron chi connectivity index (χ0n) is 16.4. The van der Waals surface area contributed by atoms with Gasteiger partial charge in [0.05, 0.1) is 17.6 Å². The number of alkyl halides is 3. The van der Waals surface area contributed by atoms with Crippen LogP contribution in [0, 0.1) is 5.82 Å². The Hall–Kier alpha value is -3.89. The van der Waals surface area contributed by atoms with E-state index in [0.29, 0.717) is 22.5 Å². The predicted octanol–water partition coefficient (Wildman–Crippen LogP) is 3.51. The molecule has 0 bridgehead atoms. The van der Waals surface area contributed by atoms with Gasteiger partial charge in [-0.1, -0.05) is 6.07 Å². The minimum absolute atomic E-state index is 0.189. The number of benzene rings is 2. The topological polar surface area (TPSA) is 76.5 Å². The Labute approximate surface area is 178 Å². The standard InChI is InChI=1S/C21H14F4N4O3/c1-28-16-8-11(22)2-7-14(16)20(19(28)31)9-17(30)27-18-15(20)10-26-29(18)12-3-5-13(6-4-12)32-21(23,24)25/h2-8,10H,9H2,1H3,(H,27,30)/t20-/m1/s1. The molecule has 7 nitrogen and oxygen atoms in total. The van der Waals surface area contributed by atoms with Crippen molar-refractivity contribution in [1.82, 2.24) is 9.78 Å². The number of aromatic nitrogens is 2. The van der Waals surface area contributed by atoms with Crippen LogP contribution >= 0.6 is 0 Å². The number of carbonyl (C=O) groups excluding carboxylic acids is 2. The summed E-state index contributed by atoms with van der Waals surface area (Å²) in [7, 11) is 1.51. The fraction of sp³-hybridized carbons (Fsp3) is 0.190. The molecule has 0 fully saturated rings. The van der Waals surface area contributed by atoms with Crippen molar-refractivity contribution < 1.29 is 31.9 Å². The number of hydrogen-bond donors (Lipinski definition) is 1. The summed E-state index contributed by atoms with van der Waals surface area (Å²) in [4.78, 5) is 27.3. The number of carbonyl (C=O) groups is 2. The molecule has 2 aliphatic rings. The van der Waals surface area contributed by atoms with E-state index < -0.39 is 35.2 Å². The SMILES string of the molecule is CN1C(=O)[C@]2(CC(=O)Nc3c2cnn3-c2ccc(OC(F)(F)F)cc2)c2ccc(F)cc21. The van der Waals surface area contributed by atoms with Crippen LogP contribution in [0.4, 0.5) is 29.1 Å². The molecule has 164 valence electrons. The smallest absolute Gasteiger partial charge is 0.406 e. The van der Waals surface area contributed by atoms with Gasteiger partial charge in [-0.05, 0) is 42.0 Å². The third-order valence-electron chi connectivity index (χ3n) is 5.68. The zero-order chi connectivity index (χ0) is 22.8. The van der Waals surface area contributed by atoms with Crippen molar-refractivity contribution in [2.24, 2.45) is 0 Å². The van der Waals surface area contributed by atoms with E-state index in [0.717, 1.165) is 12.1 Å². The summed E-state index contributed by atoms with van der Waals surface area (Å²) in [6, 6.07) is 8.85. The minimum Gasteiger partial charge on any atom is -0.406 e. The number of rotatable bonds is 2. The molecule has 0 radical (unpaired) electrons. The molecule has 2 aliphatic heterocycles. The molecule has 0 aliphatic carbocycles. The Bertz CT molecular complexity index is 1270. The first-order valence-corrected chi connectivity index (χ1v) is 9.43. The van der Waals surface area contributed by atoms with Crippen molar-refractivity contribution in [2.45, 2.75) is 18.2 Å². The van der Waals surface area contributed by atoms with Crippen LogP contribution in [0.2, 0.25) is 0 Å². The van der Waals surface area contributed by atoms with Crippen LogP contribution in [0.3, 0.4) is 0 Å². The first-order chi connectivity index (χ1) is 15.1. The van der Waals surface area contributed by atoms with Gasteiger partial charge in [0.15, 0.2) is 0 Å². The van der Waals surface area contributed by atoms with Crippen LogP contribution in [0.15, 0.2) is 48.7 Å². The third-order valence-corrected chi connectivity index (χ3v) is 5.68. The van der Waals surface area contributed by atoms with Crippen LogP contribution in [0.5, 0.6) is 5.75 Å². The lowest BCUT2D eigenvalue weighted by Crippen LogP contribution is -2.45. The average molecular weight is 446 g/mol. The summed E-state index contributed by atoms with van der Waals surface area (Å²) in [5.74, 6) is -1.56. The number of fused-ring (bicyclic) bond motifs is 4. The first kappa shape index (κ1) is 20.0. The van der Waals surface area contributed by atoms with E-state index in [9.17, 15) is 27.2 Å². The Balaban J connectivity index is 1.63. The van der Waals surface area contributed by atoms with E-state index in [-0.39, 0.29) is 12.2 Å². The van der Waals surface area contributed by atoms with Gasteiger partial charge in [0.25, 0.3) is 0 Å². The van der Waals surface area contributed by atoms with Gasteiger partial charge in [0.1, 0.15) is 22.8 Å². The van der Waals surface area contributed by atoms with E-state index >= 15 is 0 Å². The Kier molecular flexibility index (Phi) is 4.10. The Morgan fingerprint density at radius 2 is 1.81 bits per heavy atom. The number of nitrogens with zero attached hydrogens (tertiary/aromatic N) is 3. The van der Waals surface area contributed by atoms with Crippen molar-refractivity contribution >= 4 is 23.3 Å². The van der Waals surface area contributed by atoms with E-state index in [1.54, 1.807) is 0 Å². The number of nitrogens with one attached hydrogen (secondary N) is 1. The molecule has 1 N–H and O–H groups in total. The summed E-state index contributed by atoms with van der Waals surface area (Å²) in [6.45, 7) is 0. The molecular weight excluding hydrogens is 432 g/mol. The molecule has 0 saturated carbocycles. The van der Waals surface area contributed by atoms with Crippen molar-refractivity contribution in [3.63, 3.8) is 0 Å². The van der Waals surface area contributed by atoms with Gasteiger partial charge >= 0.3 is 6.36 Å². The van der Waals surface area contributed by atoms with E-state index in [1.807, 2.05) is 0 Å². The molecule has 1 atom stereocenters. The lowest BCUT2D eigenvalue weighted by Gasteiger charge is -2.32. The molecule has 32 heavy (non-hydrogen) atoms. The highest BCUT2D eigenvalue weighted by atomic mass is 19.4. The summed E-state index contributed by atoms with van der Waals surface area (Å²) in [5.41, 5.74) is 0.215. The molecule has 1 spiro atoms. The maximum absolute atomic E-state index is 13.8. The summed E-state index contributed by atoms with van der Waals surface area (Å²) in [6.07, 6.45) is -3.58. The molecule has 3 heterocycles. The monoisotopic (exact) mass is 446 g/mol. The van der Waals surface area contributed by atoms with Crippen LogP contribution in [0.25, 0.3) is 5.69 Å². The Morgan fingerprint density at radius 1 is 1.09 bits per heavy atom. The van der Waals surface area contributed by atoms with Gasteiger partial charge in [-0.15, -0.1) is 13.2 Å². The second-order valence-corrected chi connectivity index (χ2v) is 7.52. The second-order valence-electron chi connectivity index (χ2n) is 7.52. The summed E-state index contributed by atoms with van der Waals surface area (Å²) in [5, 5.41) is 6.96. The minimum atomic E-state index is -4.82. The van der Waals surface area contributed by atoms with E-state index in [2.05, 4.69) is 15.2 Å². The molecule has 3 aromatic rings. The highest BCUT2D eigenvalue weighted by Crippen LogP contribution is 2.52. The highest BCUT2D eigenvalue weighted by molar-refractivity contribution is 6.15. The molecular formula is C21H14F4N4O3. The van der Waals surface area contributed by atoms with Gasteiger partial charge < -0.3 is 15.0 Å². The lowest BCUT2D eigenvalue weighted by atomic mass is 9.72. The van der Waals surface area contributed by atoms with Crippen molar-refractivity contribution in [1.29, 1.82) is 0 Å². The molecule has 11 heteroatoms. The van der Waals surface area contributed by atoms with Crippen LogP contribution in [-0.2, 0) is 15.0 Å². The van der Waals surface area contributed by atoms with E-state index in [4.69, 9.17) is 0 Å². The van der Waals surface area contributed by atoms with E-state index in [1.165, 1.54) is 53.2 Å². The molecule has 1 aromatic heterocycles. The summed E-state index contributed by atoms with van der Waals surface area (Å²) >= 11 is 0. The van der Waals surface area contributed by atoms with Crippen LogP contribution in [-0.4, -0.2) is 35.0 Å². The molecule has 2 aromatic carbocycles. The molecule has 0 saturated heterocycles. The van der Waals surface area contributed by atoms with Crippen LogP contribution < -0.4 is 15.0 Å². The van der Waals surface area contributed by atoms with Crippen molar-refractivity contribution in [3.8, 4) is 11.4 Å². The average Bonchev–Trinajstić information content (AvgIpc) is 3.22. The first-order valence-electron chi connectivity index (χ1n) is 9.43. The maximum Gasteiger partial charge on any atom is 0.573 e. The normalized spacial score (nSPS) is 19.7. The van der Waals surface area contributed by atoms with Gasteiger partial charge in [-0.2, -0.15) is 5.10 Å². The number of hydrogen-bond acceptors (Lipinski definition) is 4. The molecule has 0 unspecified atom stereocenters. The molecule has 2 amide bonds. The largest absolute Gasteiger partial charge is 0.573 e. The number of halogens is 4. The second kappa shape index (κ2) is 6.55. The van der Waals surface area contributed by atoms with Crippen molar-refractivity contribution in [3.05, 3.63) is 65.6 Å². The van der Waals surface area contributed by atoms with Crippen LogP contribution in [0.1, 0.15) is 17.5 Å². The van der Waals surface area contributed by atoms with Gasteiger partial charge in [0, 0.05) is 19.0 Å². The number of amides is 2. The number of anilines is 2. The summed E-state index contributed by atoms with van der Waals surface area (Å²) < 4.78 is 56.3. The fourth-order valence-electron chi connectivity index (χ4n) is 4.36. The third kappa shape index (κ3) is 2.84. The molecule has 5 rings (SSSR count). The van der Waals surface area contributed by atoms with Crippen molar-refractivity contribution in [2.75, 3.05) is 17.3 Å². The number of ether oxygens (including phenoxy) is 1. The maximum atomic E-state index is 13.8. The zero-order valence-corrected chi connectivity index (χ0v) is 16.4.